The average Bonchev–Trinajstić information content (AvgIpc) is 2.95. The second-order valence-electron chi connectivity index (χ2n) is 10.5. The number of nitrogens with zero attached hydrogens (tertiary/aromatic N) is 5. The Morgan fingerprint density at radius 3 is 2.26 bits per heavy atom. The van der Waals surface area contributed by atoms with Crippen LogP contribution >= 0.6 is 11.6 Å². The van der Waals surface area contributed by atoms with Gasteiger partial charge in [-0.1, -0.05) is 28.8 Å². The highest BCUT2D eigenvalue weighted by atomic mass is 35.5. The van der Waals surface area contributed by atoms with Crippen molar-refractivity contribution in [1.82, 2.24) is 24.7 Å². The van der Waals surface area contributed by atoms with Gasteiger partial charge in [-0.15, -0.1) is 0 Å². The van der Waals surface area contributed by atoms with Crippen LogP contribution in [0, 0.1) is 5.92 Å². The van der Waals surface area contributed by atoms with E-state index >= 15 is 0 Å². The van der Waals surface area contributed by atoms with Gasteiger partial charge in [0.05, 0.1) is 0 Å². The van der Waals surface area contributed by atoms with Gasteiger partial charge < -0.3 is 24.4 Å². The number of halogens is 1. The minimum atomic E-state index is -0.701. The Morgan fingerprint density at radius 1 is 0.947 bits per heavy atom. The van der Waals surface area contributed by atoms with E-state index in [9.17, 15) is 19.2 Å². The third-order valence-corrected chi connectivity index (χ3v) is 8.11. The summed E-state index contributed by atoms with van der Waals surface area (Å²) in [6.45, 7) is 5.38. The molecule has 3 heterocycles. The van der Waals surface area contributed by atoms with E-state index in [4.69, 9.17) is 16.4 Å². The molecular formula is C27H38ClN5O5. The smallest absolute Gasteiger partial charge is 0.325 e. The van der Waals surface area contributed by atoms with Crippen LogP contribution in [0.4, 0.5) is 14.4 Å². The predicted octanol–water partition coefficient (Wildman–Crippen LogP) is 4.23. The van der Waals surface area contributed by atoms with Gasteiger partial charge in [0.2, 0.25) is 0 Å². The van der Waals surface area contributed by atoms with Crippen molar-refractivity contribution in [2.75, 3.05) is 45.8 Å². The summed E-state index contributed by atoms with van der Waals surface area (Å²) in [5.74, 6) is 0.489. The summed E-state index contributed by atoms with van der Waals surface area (Å²) in [4.78, 5) is 62.1. The standard InChI is InChI=1S/C27H38ClN5O5/c1-21-19-31(25(35)29-13-3-2-4-14-29)17-18-32(21)26(36)33(20-34)38-27(37)30-15-11-23(12-16-30)6-5-22-7-9-24(28)10-8-22/h7-10,20-21,23H,2-6,11-19H2,1H3. The van der Waals surface area contributed by atoms with Crippen LogP contribution in [0.2, 0.25) is 5.02 Å². The van der Waals surface area contributed by atoms with Crippen molar-refractivity contribution in [2.24, 2.45) is 5.92 Å². The van der Waals surface area contributed by atoms with Gasteiger partial charge in [0, 0.05) is 56.9 Å². The van der Waals surface area contributed by atoms with E-state index in [0.717, 1.165) is 63.1 Å². The molecule has 0 saturated carbocycles. The fourth-order valence-electron chi connectivity index (χ4n) is 5.50. The van der Waals surface area contributed by atoms with E-state index in [2.05, 4.69) is 0 Å². The first-order valence-corrected chi connectivity index (χ1v) is 14.0. The molecule has 1 aromatic carbocycles. The van der Waals surface area contributed by atoms with Gasteiger partial charge >= 0.3 is 18.2 Å². The molecule has 38 heavy (non-hydrogen) atoms. The average molecular weight is 548 g/mol. The summed E-state index contributed by atoms with van der Waals surface area (Å²) in [7, 11) is 0. The molecule has 4 rings (SSSR count). The van der Waals surface area contributed by atoms with Crippen molar-refractivity contribution in [3.05, 3.63) is 34.9 Å². The van der Waals surface area contributed by atoms with Crippen molar-refractivity contribution < 1.29 is 24.0 Å². The zero-order chi connectivity index (χ0) is 27.1. The third-order valence-electron chi connectivity index (χ3n) is 7.86. The molecule has 1 aromatic rings. The highest BCUT2D eigenvalue weighted by molar-refractivity contribution is 6.30. The van der Waals surface area contributed by atoms with E-state index in [1.807, 2.05) is 36.1 Å². The Kier molecular flexibility index (Phi) is 9.71. The molecule has 10 nitrogen and oxygen atoms in total. The van der Waals surface area contributed by atoms with Crippen LogP contribution in [0.5, 0.6) is 0 Å². The lowest BCUT2D eigenvalue weighted by Gasteiger charge is -2.42. The number of hydrogen-bond donors (Lipinski definition) is 0. The van der Waals surface area contributed by atoms with Crippen molar-refractivity contribution >= 4 is 36.2 Å². The first-order valence-electron chi connectivity index (χ1n) is 13.7. The number of carbonyl (C=O) groups excluding carboxylic acids is 4. The summed E-state index contributed by atoms with van der Waals surface area (Å²) >= 11 is 5.95. The molecule has 3 aliphatic rings. The molecule has 0 radical (unpaired) electrons. The summed E-state index contributed by atoms with van der Waals surface area (Å²) in [6.07, 6.45) is 6.35. The molecule has 0 aromatic heterocycles. The van der Waals surface area contributed by atoms with E-state index < -0.39 is 12.1 Å². The van der Waals surface area contributed by atoms with Crippen LogP contribution in [0.25, 0.3) is 0 Å². The minimum absolute atomic E-state index is 0.00103. The number of urea groups is 2. The van der Waals surface area contributed by atoms with Gasteiger partial charge in [-0.2, -0.15) is 0 Å². The number of piperidine rings is 2. The summed E-state index contributed by atoms with van der Waals surface area (Å²) in [5.41, 5.74) is 1.24. The number of aryl methyl sites for hydroxylation is 1. The van der Waals surface area contributed by atoms with Crippen LogP contribution in [0.15, 0.2) is 24.3 Å². The second-order valence-corrected chi connectivity index (χ2v) is 10.9. The van der Waals surface area contributed by atoms with Crippen molar-refractivity contribution in [3.8, 4) is 0 Å². The zero-order valence-corrected chi connectivity index (χ0v) is 22.9. The SMILES string of the molecule is CC1CN(C(=O)N2CCCCC2)CCN1C(=O)N(C=O)OC(=O)N1CCC(CCc2ccc(Cl)cc2)CC1. The molecule has 3 aliphatic heterocycles. The Labute approximate surface area is 229 Å². The second kappa shape index (κ2) is 13.2. The predicted molar refractivity (Wildman–Crippen MR) is 142 cm³/mol. The van der Waals surface area contributed by atoms with Gasteiger partial charge in [0.25, 0.3) is 6.41 Å². The lowest BCUT2D eigenvalue weighted by Crippen LogP contribution is -2.60. The van der Waals surface area contributed by atoms with Crippen LogP contribution in [0.3, 0.4) is 0 Å². The largest absolute Gasteiger partial charge is 0.434 e. The fraction of sp³-hybridized carbons (Fsp3) is 0.630. The Morgan fingerprint density at radius 2 is 1.63 bits per heavy atom. The number of likely N-dealkylation sites (tertiary alicyclic amines) is 2. The molecular weight excluding hydrogens is 510 g/mol. The maximum Gasteiger partial charge on any atom is 0.434 e. The van der Waals surface area contributed by atoms with Crippen LogP contribution < -0.4 is 0 Å². The molecule has 0 N–H and O–H groups in total. The number of amides is 6. The summed E-state index contributed by atoms with van der Waals surface area (Å²) < 4.78 is 0. The molecule has 0 aliphatic carbocycles. The van der Waals surface area contributed by atoms with Crippen LogP contribution in [-0.2, 0) is 16.1 Å². The molecule has 0 spiro atoms. The van der Waals surface area contributed by atoms with Crippen molar-refractivity contribution in [2.45, 2.75) is 57.9 Å². The molecule has 6 amide bonds. The molecule has 3 saturated heterocycles. The molecule has 3 fully saturated rings. The minimum Gasteiger partial charge on any atom is -0.325 e. The zero-order valence-electron chi connectivity index (χ0n) is 22.1. The van der Waals surface area contributed by atoms with Crippen LogP contribution in [-0.4, -0.2) is 101 Å². The summed E-state index contributed by atoms with van der Waals surface area (Å²) in [6, 6.07) is 6.85. The maximum atomic E-state index is 13.0. The van der Waals surface area contributed by atoms with Gasteiger partial charge in [-0.3, -0.25) is 4.79 Å². The number of hydroxylamine groups is 2. The number of piperazine rings is 1. The number of hydrogen-bond acceptors (Lipinski definition) is 5. The first-order chi connectivity index (χ1) is 18.4. The van der Waals surface area contributed by atoms with Crippen molar-refractivity contribution in [1.29, 1.82) is 0 Å². The molecule has 11 heteroatoms. The first kappa shape index (κ1) is 28.0. The fourth-order valence-corrected chi connectivity index (χ4v) is 5.63. The van der Waals surface area contributed by atoms with E-state index in [-0.39, 0.29) is 25.0 Å². The molecule has 1 atom stereocenters. The number of benzene rings is 1. The van der Waals surface area contributed by atoms with E-state index in [1.54, 1.807) is 9.80 Å². The quantitative estimate of drug-likeness (QED) is 0.415. The lowest BCUT2D eigenvalue weighted by atomic mass is 9.91. The lowest BCUT2D eigenvalue weighted by molar-refractivity contribution is -0.144. The monoisotopic (exact) mass is 547 g/mol. The van der Waals surface area contributed by atoms with Crippen LogP contribution in [0.1, 0.15) is 51.0 Å². The highest BCUT2D eigenvalue weighted by Gasteiger charge is 2.36. The maximum absolute atomic E-state index is 13.0. The summed E-state index contributed by atoms with van der Waals surface area (Å²) in [5, 5.41) is 1.20. The number of rotatable bonds is 4. The molecule has 0 bridgehead atoms. The van der Waals surface area contributed by atoms with Gasteiger partial charge in [0.15, 0.2) is 0 Å². The third kappa shape index (κ3) is 7.09. The van der Waals surface area contributed by atoms with Gasteiger partial charge in [-0.05, 0) is 75.5 Å². The molecule has 1 unspecified atom stereocenters. The topological polar surface area (TPSA) is 93.7 Å². The number of imide groups is 1. The number of carbonyl (C=O) groups is 4. The Bertz CT molecular complexity index is 979. The highest BCUT2D eigenvalue weighted by Crippen LogP contribution is 2.24. The Balaban J connectivity index is 1.21. The van der Waals surface area contributed by atoms with Gasteiger partial charge in [-0.25, -0.2) is 14.4 Å². The van der Waals surface area contributed by atoms with Crippen molar-refractivity contribution in [3.63, 3.8) is 0 Å². The van der Waals surface area contributed by atoms with Gasteiger partial charge in [0.1, 0.15) is 0 Å². The Hall–Kier alpha value is -3.01. The van der Waals surface area contributed by atoms with E-state index in [1.165, 1.54) is 10.5 Å². The molecule has 208 valence electrons. The normalized spacial score (nSPS) is 20.7. The van der Waals surface area contributed by atoms with E-state index in [0.29, 0.717) is 37.2 Å².